The molecule has 1 aliphatic heterocycles. The average molecular weight is 180 g/mol. The fourth-order valence-electron chi connectivity index (χ4n) is 3.22. The van der Waals surface area contributed by atoms with Crippen LogP contribution in [0.15, 0.2) is 12.2 Å². The van der Waals surface area contributed by atoms with Crippen molar-refractivity contribution in [2.45, 2.75) is 25.6 Å². The predicted molar refractivity (Wildman–Crippen MR) is 49.2 cm³/mol. The van der Waals surface area contributed by atoms with Gasteiger partial charge in [0, 0.05) is 12.3 Å². The summed E-state index contributed by atoms with van der Waals surface area (Å²) in [5.74, 6) is 2.12. The zero-order chi connectivity index (χ0) is 8.89. The highest BCUT2D eigenvalue weighted by Crippen LogP contribution is 2.65. The first kappa shape index (κ1) is 8.01. The first-order valence-corrected chi connectivity index (χ1v) is 5.28. The molecule has 3 aliphatic rings. The lowest BCUT2D eigenvalue weighted by molar-refractivity contribution is -0.169. The number of ether oxygens (including phenoxy) is 2. The second-order valence-corrected chi connectivity index (χ2v) is 4.34. The van der Waals surface area contributed by atoms with Crippen molar-refractivity contribution < 1.29 is 9.47 Å². The third-order valence-corrected chi connectivity index (χ3v) is 3.75. The number of fused-ring (bicyclic) bond motifs is 2. The van der Waals surface area contributed by atoms with E-state index in [9.17, 15) is 0 Å². The zero-order valence-corrected chi connectivity index (χ0v) is 8.03. The minimum atomic E-state index is -0.158. The van der Waals surface area contributed by atoms with Crippen molar-refractivity contribution in [3.05, 3.63) is 12.2 Å². The molecule has 3 fully saturated rings. The molecule has 0 aromatic rings. The Bertz CT molecular complexity index is 235. The van der Waals surface area contributed by atoms with E-state index in [2.05, 4.69) is 19.1 Å². The molecule has 2 heteroatoms. The molecule has 0 N–H and O–H groups in total. The fourth-order valence-corrected chi connectivity index (χ4v) is 3.22. The van der Waals surface area contributed by atoms with Crippen molar-refractivity contribution in [3.8, 4) is 0 Å². The van der Waals surface area contributed by atoms with Gasteiger partial charge >= 0.3 is 0 Å². The second kappa shape index (κ2) is 2.58. The summed E-state index contributed by atoms with van der Waals surface area (Å²) in [5, 5.41) is 0. The highest BCUT2D eigenvalue weighted by Gasteiger charge is 2.67. The summed E-state index contributed by atoms with van der Waals surface area (Å²) in [5.41, 5.74) is 0. The molecule has 0 amide bonds. The van der Waals surface area contributed by atoms with Crippen molar-refractivity contribution in [3.63, 3.8) is 0 Å². The van der Waals surface area contributed by atoms with Crippen LogP contribution in [0.5, 0.6) is 0 Å². The van der Waals surface area contributed by atoms with Crippen LogP contribution in [-0.4, -0.2) is 19.0 Å². The molecule has 13 heavy (non-hydrogen) atoms. The molecule has 0 bridgehead atoms. The normalized spacial score (nSPS) is 46.1. The summed E-state index contributed by atoms with van der Waals surface area (Å²) >= 11 is 0. The van der Waals surface area contributed by atoms with E-state index in [-0.39, 0.29) is 5.79 Å². The molecule has 2 nitrogen and oxygen atoms in total. The molecule has 72 valence electrons. The number of hydrogen-bond donors (Lipinski definition) is 0. The van der Waals surface area contributed by atoms with Crippen LogP contribution in [0, 0.1) is 17.8 Å². The van der Waals surface area contributed by atoms with Crippen molar-refractivity contribution in [1.29, 1.82) is 0 Å². The van der Waals surface area contributed by atoms with Crippen molar-refractivity contribution in [2.24, 2.45) is 17.8 Å². The molecule has 0 aromatic heterocycles. The van der Waals surface area contributed by atoms with Crippen LogP contribution in [0.2, 0.25) is 0 Å². The summed E-state index contributed by atoms with van der Waals surface area (Å²) in [7, 11) is 0. The highest BCUT2D eigenvalue weighted by atomic mass is 16.7. The summed E-state index contributed by atoms with van der Waals surface area (Å²) in [6.45, 7) is 3.69. The van der Waals surface area contributed by atoms with E-state index in [1.54, 1.807) is 0 Å². The number of hydrogen-bond acceptors (Lipinski definition) is 2. The van der Waals surface area contributed by atoms with Gasteiger partial charge in [0.25, 0.3) is 0 Å². The number of rotatable bonds is 1. The first-order valence-electron chi connectivity index (χ1n) is 5.28. The van der Waals surface area contributed by atoms with Crippen LogP contribution in [0.3, 0.4) is 0 Å². The minimum Gasteiger partial charge on any atom is -0.347 e. The van der Waals surface area contributed by atoms with Crippen molar-refractivity contribution >= 4 is 0 Å². The van der Waals surface area contributed by atoms with Crippen LogP contribution in [0.1, 0.15) is 19.8 Å². The summed E-state index contributed by atoms with van der Waals surface area (Å²) in [6.07, 6.45) is 6.89. The maximum atomic E-state index is 5.78. The van der Waals surface area contributed by atoms with Gasteiger partial charge in [-0.1, -0.05) is 12.2 Å². The Labute approximate surface area is 78.9 Å². The van der Waals surface area contributed by atoms with E-state index in [1.807, 2.05) is 0 Å². The molecule has 0 aromatic carbocycles. The summed E-state index contributed by atoms with van der Waals surface area (Å²) in [4.78, 5) is 0. The van der Waals surface area contributed by atoms with Gasteiger partial charge < -0.3 is 9.47 Å². The Kier molecular flexibility index (Phi) is 1.59. The van der Waals surface area contributed by atoms with Gasteiger partial charge in [-0.15, -0.1) is 0 Å². The van der Waals surface area contributed by atoms with E-state index in [0.29, 0.717) is 5.92 Å². The number of allylic oxidation sites excluding steroid dienone is 2. The quantitative estimate of drug-likeness (QED) is 0.574. The molecule has 3 atom stereocenters. The molecule has 2 saturated carbocycles. The van der Waals surface area contributed by atoms with Gasteiger partial charge in [-0.05, 0) is 25.2 Å². The molecule has 0 radical (unpaired) electrons. The average Bonchev–Trinajstić information content (AvgIpc) is 2.57. The minimum absolute atomic E-state index is 0.158. The molecule has 0 unspecified atom stereocenters. The molecule has 1 heterocycles. The third kappa shape index (κ3) is 0.960. The molecule has 3 rings (SSSR count). The van der Waals surface area contributed by atoms with Crippen LogP contribution in [-0.2, 0) is 9.47 Å². The Balaban J connectivity index is 1.79. The van der Waals surface area contributed by atoms with E-state index in [0.717, 1.165) is 31.5 Å². The lowest BCUT2D eigenvalue weighted by atomic mass is 10.1. The van der Waals surface area contributed by atoms with Crippen LogP contribution in [0.25, 0.3) is 0 Å². The van der Waals surface area contributed by atoms with E-state index in [4.69, 9.17) is 9.47 Å². The first-order chi connectivity index (χ1) is 6.37. The van der Waals surface area contributed by atoms with Gasteiger partial charge in [-0.3, -0.25) is 0 Å². The molecular formula is C11H16O2. The maximum Gasteiger partial charge on any atom is 0.172 e. The van der Waals surface area contributed by atoms with Gasteiger partial charge in [0.2, 0.25) is 0 Å². The molecule has 1 spiro atoms. The summed E-state index contributed by atoms with van der Waals surface area (Å²) < 4.78 is 11.6. The Morgan fingerprint density at radius 2 is 2.08 bits per heavy atom. The molecule has 1 saturated heterocycles. The largest absolute Gasteiger partial charge is 0.347 e. The van der Waals surface area contributed by atoms with E-state index >= 15 is 0 Å². The highest BCUT2D eigenvalue weighted by molar-refractivity contribution is 5.17. The van der Waals surface area contributed by atoms with Gasteiger partial charge in [-0.25, -0.2) is 0 Å². The SMILES string of the molecule is CC=C[C@H]1[C@H]2CCC3(OCCO3)[C@@H]12. The van der Waals surface area contributed by atoms with Crippen LogP contribution < -0.4 is 0 Å². The topological polar surface area (TPSA) is 18.5 Å². The van der Waals surface area contributed by atoms with Gasteiger partial charge in [-0.2, -0.15) is 0 Å². The summed E-state index contributed by atoms with van der Waals surface area (Å²) in [6, 6.07) is 0. The Hall–Kier alpha value is -0.340. The van der Waals surface area contributed by atoms with Gasteiger partial charge in [0.1, 0.15) is 0 Å². The maximum absolute atomic E-state index is 5.78. The van der Waals surface area contributed by atoms with Crippen molar-refractivity contribution in [1.82, 2.24) is 0 Å². The van der Waals surface area contributed by atoms with E-state index < -0.39 is 0 Å². The third-order valence-electron chi connectivity index (χ3n) is 3.75. The van der Waals surface area contributed by atoms with Gasteiger partial charge in [0.15, 0.2) is 5.79 Å². The monoisotopic (exact) mass is 180 g/mol. The van der Waals surface area contributed by atoms with E-state index in [1.165, 1.54) is 6.42 Å². The standard InChI is InChI=1S/C11H16O2/c1-2-3-8-9-4-5-11(10(8)9)12-6-7-13-11/h2-3,8-10H,4-7H2,1H3/t8-,9+,10-/m0/s1. The van der Waals surface area contributed by atoms with Gasteiger partial charge in [0.05, 0.1) is 13.2 Å². The predicted octanol–water partition coefficient (Wildman–Crippen LogP) is 1.96. The lowest BCUT2D eigenvalue weighted by Gasteiger charge is -2.24. The molecular weight excluding hydrogens is 164 g/mol. The zero-order valence-electron chi connectivity index (χ0n) is 8.03. The second-order valence-electron chi connectivity index (χ2n) is 4.34. The smallest absolute Gasteiger partial charge is 0.172 e. The lowest BCUT2D eigenvalue weighted by Crippen LogP contribution is -2.31. The van der Waals surface area contributed by atoms with Crippen molar-refractivity contribution in [2.75, 3.05) is 13.2 Å². The Morgan fingerprint density at radius 1 is 1.31 bits per heavy atom. The molecule has 2 aliphatic carbocycles. The fraction of sp³-hybridized carbons (Fsp3) is 0.818. The van der Waals surface area contributed by atoms with Crippen LogP contribution in [0.4, 0.5) is 0 Å². The Morgan fingerprint density at radius 3 is 2.77 bits per heavy atom. The van der Waals surface area contributed by atoms with Crippen LogP contribution >= 0.6 is 0 Å².